The van der Waals surface area contributed by atoms with Gasteiger partial charge in [0.25, 0.3) is 0 Å². The molecule has 1 atom stereocenters. The first-order valence-electron chi connectivity index (χ1n) is 8.36. The third-order valence-corrected chi connectivity index (χ3v) is 3.91. The number of aliphatic hydroxyl groups is 1. The van der Waals surface area contributed by atoms with Crippen LogP contribution in [0.15, 0.2) is 60.7 Å². The molecule has 2 rings (SSSR count). The van der Waals surface area contributed by atoms with Crippen LogP contribution < -0.4 is 0 Å². The first-order valence-corrected chi connectivity index (χ1v) is 8.74. The molecule has 7 heteroatoms. The van der Waals surface area contributed by atoms with Crippen molar-refractivity contribution >= 4 is 29.3 Å². The largest absolute Gasteiger partial charge is 0.459 e. The Bertz CT molecular complexity index is 888. The van der Waals surface area contributed by atoms with Crippen LogP contribution in [0, 0.1) is 0 Å². The summed E-state index contributed by atoms with van der Waals surface area (Å²) in [6, 6.07) is 12.5. The van der Waals surface area contributed by atoms with E-state index < -0.39 is 24.6 Å². The van der Waals surface area contributed by atoms with Gasteiger partial charge in [0.1, 0.15) is 19.3 Å². The minimum Gasteiger partial charge on any atom is -0.459 e. The van der Waals surface area contributed by atoms with Gasteiger partial charge >= 0.3 is 11.9 Å². The summed E-state index contributed by atoms with van der Waals surface area (Å²) < 4.78 is 9.84. The zero-order chi connectivity index (χ0) is 20.7. The van der Waals surface area contributed by atoms with Crippen molar-refractivity contribution in [3.05, 3.63) is 82.4 Å². The number of halogens is 1. The summed E-state index contributed by atoms with van der Waals surface area (Å²) in [7, 11) is 0. The maximum absolute atomic E-state index is 12.7. The molecule has 0 radical (unpaired) electrons. The number of hydrogen-bond donors (Lipinski definition) is 1. The van der Waals surface area contributed by atoms with E-state index in [9.17, 15) is 19.5 Å². The molecule has 1 N–H and O–H groups in total. The molecule has 0 aliphatic heterocycles. The van der Waals surface area contributed by atoms with Crippen molar-refractivity contribution in [1.29, 1.82) is 0 Å². The Morgan fingerprint density at radius 1 is 1.00 bits per heavy atom. The normalized spacial score (nSPS) is 11.4. The fraction of sp³-hybridized carbons (Fsp3) is 0.190. The van der Waals surface area contributed by atoms with Crippen molar-refractivity contribution < 1.29 is 29.0 Å². The molecule has 0 amide bonds. The van der Waals surface area contributed by atoms with Gasteiger partial charge in [-0.2, -0.15) is 0 Å². The van der Waals surface area contributed by atoms with Crippen LogP contribution in [0.2, 0.25) is 5.02 Å². The van der Waals surface area contributed by atoms with Crippen LogP contribution in [0.1, 0.15) is 33.2 Å². The number of carbonyl (C=O) groups is 3. The highest BCUT2D eigenvalue weighted by Crippen LogP contribution is 2.18. The van der Waals surface area contributed by atoms with E-state index >= 15 is 0 Å². The molecule has 0 bridgehead atoms. The summed E-state index contributed by atoms with van der Waals surface area (Å²) in [5.74, 6) is -1.78. The van der Waals surface area contributed by atoms with Gasteiger partial charge in [-0.3, -0.25) is 4.79 Å². The third-order valence-electron chi connectivity index (χ3n) is 3.66. The Morgan fingerprint density at radius 2 is 1.57 bits per heavy atom. The SMILES string of the molecule is C=C(C)C(=O)OCC(O)COC(=O)c1ccccc1C(=O)c1ccc(Cl)cc1. The molecular weight excluding hydrogens is 384 g/mol. The molecule has 0 heterocycles. The molecule has 0 saturated carbocycles. The van der Waals surface area contributed by atoms with Gasteiger partial charge in [0.2, 0.25) is 0 Å². The summed E-state index contributed by atoms with van der Waals surface area (Å²) >= 11 is 5.83. The van der Waals surface area contributed by atoms with Gasteiger partial charge in [-0.25, -0.2) is 9.59 Å². The van der Waals surface area contributed by atoms with Gasteiger partial charge in [0.05, 0.1) is 5.56 Å². The predicted molar refractivity (Wildman–Crippen MR) is 103 cm³/mol. The van der Waals surface area contributed by atoms with E-state index in [0.29, 0.717) is 10.6 Å². The van der Waals surface area contributed by atoms with Gasteiger partial charge in [0.15, 0.2) is 5.78 Å². The number of ether oxygens (including phenoxy) is 2. The van der Waals surface area contributed by atoms with E-state index in [1.807, 2.05) is 0 Å². The maximum atomic E-state index is 12.7. The molecule has 6 nitrogen and oxygen atoms in total. The lowest BCUT2D eigenvalue weighted by Gasteiger charge is -2.13. The number of carbonyl (C=O) groups excluding carboxylic acids is 3. The van der Waals surface area contributed by atoms with E-state index in [-0.39, 0.29) is 29.1 Å². The van der Waals surface area contributed by atoms with E-state index in [0.717, 1.165) is 0 Å². The average Bonchev–Trinajstić information content (AvgIpc) is 2.70. The highest BCUT2D eigenvalue weighted by atomic mass is 35.5. The summed E-state index contributed by atoms with van der Waals surface area (Å²) in [5, 5.41) is 10.3. The van der Waals surface area contributed by atoms with Crippen molar-refractivity contribution in [1.82, 2.24) is 0 Å². The van der Waals surface area contributed by atoms with Gasteiger partial charge in [-0.15, -0.1) is 0 Å². The number of rotatable bonds is 8. The lowest BCUT2D eigenvalue weighted by atomic mass is 9.98. The van der Waals surface area contributed by atoms with Crippen LogP contribution in [-0.4, -0.2) is 42.1 Å². The zero-order valence-corrected chi connectivity index (χ0v) is 15.9. The van der Waals surface area contributed by atoms with Gasteiger partial charge in [-0.05, 0) is 37.3 Å². The van der Waals surface area contributed by atoms with E-state index in [2.05, 4.69) is 6.58 Å². The van der Waals surface area contributed by atoms with Crippen LogP contribution >= 0.6 is 11.6 Å². The summed E-state index contributed by atoms with van der Waals surface area (Å²) in [6.45, 7) is 4.16. The Labute approximate surface area is 167 Å². The number of benzene rings is 2. The van der Waals surface area contributed by atoms with Crippen molar-refractivity contribution in [2.45, 2.75) is 13.0 Å². The molecule has 0 fully saturated rings. The van der Waals surface area contributed by atoms with E-state index in [4.69, 9.17) is 21.1 Å². The van der Waals surface area contributed by atoms with Crippen molar-refractivity contribution in [3.63, 3.8) is 0 Å². The first-order chi connectivity index (χ1) is 13.3. The molecule has 0 saturated heterocycles. The molecule has 0 aliphatic carbocycles. The number of aliphatic hydroxyl groups excluding tert-OH is 1. The summed E-state index contributed by atoms with van der Waals surface area (Å²) in [4.78, 5) is 36.4. The Balaban J connectivity index is 2.04. The molecule has 0 spiro atoms. The second kappa shape index (κ2) is 9.82. The highest BCUT2D eigenvalue weighted by Gasteiger charge is 2.20. The molecule has 1 unspecified atom stereocenters. The van der Waals surface area contributed by atoms with E-state index in [1.54, 1.807) is 36.4 Å². The Morgan fingerprint density at radius 3 is 2.18 bits per heavy atom. The molecular formula is C21H19ClO6. The average molecular weight is 403 g/mol. The zero-order valence-electron chi connectivity index (χ0n) is 15.2. The predicted octanol–water partition coefficient (Wildman–Crippen LogP) is 3.21. The second-order valence-electron chi connectivity index (χ2n) is 6.01. The third kappa shape index (κ3) is 5.77. The molecule has 28 heavy (non-hydrogen) atoms. The van der Waals surface area contributed by atoms with Crippen LogP contribution in [0.4, 0.5) is 0 Å². The molecule has 0 aliphatic rings. The lowest BCUT2D eigenvalue weighted by molar-refractivity contribution is -0.142. The minimum absolute atomic E-state index is 0.0635. The van der Waals surface area contributed by atoms with Crippen LogP contribution in [-0.2, 0) is 14.3 Å². The topological polar surface area (TPSA) is 89.9 Å². The Kier molecular flexibility index (Phi) is 7.49. The van der Waals surface area contributed by atoms with Gasteiger partial charge in [0, 0.05) is 21.7 Å². The van der Waals surface area contributed by atoms with Crippen LogP contribution in [0.3, 0.4) is 0 Å². The molecule has 2 aromatic carbocycles. The smallest absolute Gasteiger partial charge is 0.338 e. The summed E-state index contributed by atoms with van der Waals surface area (Å²) in [5.41, 5.74) is 0.793. The Hall–Kier alpha value is -2.96. The fourth-order valence-electron chi connectivity index (χ4n) is 2.21. The minimum atomic E-state index is -1.20. The second-order valence-corrected chi connectivity index (χ2v) is 6.45. The quantitative estimate of drug-likeness (QED) is 0.414. The summed E-state index contributed by atoms with van der Waals surface area (Å²) in [6.07, 6.45) is -1.20. The number of hydrogen-bond acceptors (Lipinski definition) is 6. The van der Waals surface area contributed by atoms with Crippen molar-refractivity contribution in [2.24, 2.45) is 0 Å². The van der Waals surface area contributed by atoms with Crippen LogP contribution in [0.5, 0.6) is 0 Å². The number of esters is 2. The monoisotopic (exact) mass is 402 g/mol. The van der Waals surface area contributed by atoms with Crippen molar-refractivity contribution in [3.8, 4) is 0 Å². The van der Waals surface area contributed by atoms with Gasteiger partial charge in [-0.1, -0.05) is 36.4 Å². The maximum Gasteiger partial charge on any atom is 0.338 e. The highest BCUT2D eigenvalue weighted by molar-refractivity contribution is 6.30. The lowest BCUT2D eigenvalue weighted by Crippen LogP contribution is -2.26. The molecule has 2 aromatic rings. The van der Waals surface area contributed by atoms with Crippen LogP contribution in [0.25, 0.3) is 0 Å². The fourth-order valence-corrected chi connectivity index (χ4v) is 2.33. The number of ketones is 1. The molecule has 146 valence electrons. The van der Waals surface area contributed by atoms with Crippen molar-refractivity contribution in [2.75, 3.05) is 13.2 Å². The molecule has 0 aromatic heterocycles. The first kappa shape index (κ1) is 21.3. The standard InChI is InChI=1S/C21H19ClO6/c1-13(2)20(25)27-11-16(23)12-28-21(26)18-6-4-3-5-17(18)19(24)14-7-9-15(22)10-8-14/h3-10,16,23H,1,11-12H2,2H3. The van der Waals surface area contributed by atoms with E-state index in [1.165, 1.54) is 19.1 Å². The van der Waals surface area contributed by atoms with Gasteiger partial charge < -0.3 is 14.6 Å².